The third-order valence-corrected chi connectivity index (χ3v) is 2.37. The van der Waals surface area contributed by atoms with E-state index in [1.165, 1.54) is 0 Å². The Morgan fingerprint density at radius 1 is 1.29 bits per heavy atom. The fourth-order valence-corrected chi connectivity index (χ4v) is 1.59. The summed E-state index contributed by atoms with van der Waals surface area (Å²) in [6, 6.07) is 0.831. The Bertz CT molecular complexity index is 453. The summed E-state index contributed by atoms with van der Waals surface area (Å²) in [6.07, 6.45) is -8.27. The maximum atomic E-state index is 12.5. The van der Waals surface area contributed by atoms with Crippen molar-refractivity contribution >= 4 is 17.4 Å². The van der Waals surface area contributed by atoms with Gasteiger partial charge in [0.05, 0.1) is 10.6 Å². The van der Waals surface area contributed by atoms with E-state index in [0.717, 1.165) is 6.92 Å². The molecular weight excluding hydrogens is 267 g/mol. The van der Waals surface area contributed by atoms with Gasteiger partial charge in [0.25, 0.3) is 6.43 Å². The third-order valence-electron chi connectivity index (χ3n) is 2.06. The molecule has 0 unspecified atom stereocenters. The minimum absolute atomic E-state index is 0.353. The molecule has 0 radical (unpaired) electrons. The van der Waals surface area contributed by atoms with Gasteiger partial charge in [-0.2, -0.15) is 13.2 Å². The van der Waals surface area contributed by atoms with E-state index in [1.807, 2.05) is 0 Å². The van der Waals surface area contributed by atoms with Crippen LogP contribution in [0.2, 0.25) is 5.02 Å². The molecule has 0 aliphatic heterocycles. The van der Waals surface area contributed by atoms with Gasteiger partial charge < -0.3 is 0 Å². The standard InChI is InChI=1S/C10H6ClF5O/c1-4(17)5-2-7(10(14,15)16)6(9(12)13)3-8(5)11/h2-3,9H,1H3. The second-order valence-corrected chi connectivity index (χ2v) is 3.68. The number of ketones is 1. The number of carbonyl (C=O) groups is 1. The lowest BCUT2D eigenvalue weighted by Crippen LogP contribution is -2.11. The Morgan fingerprint density at radius 2 is 1.82 bits per heavy atom. The predicted octanol–water partition coefficient (Wildman–Crippen LogP) is 4.50. The first-order chi connectivity index (χ1) is 7.64. The summed E-state index contributed by atoms with van der Waals surface area (Å²) in [5, 5.41) is -0.416. The maximum absolute atomic E-state index is 12.5. The minimum Gasteiger partial charge on any atom is -0.294 e. The molecule has 17 heavy (non-hydrogen) atoms. The molecule has 0 aliphatic carbocycles. The zero-order valence-corrected chi connectivity index (χ0v) is 9.16. The van der Waals surface area contributed by atoms with Gasteiger partial charge in [0.1, 0.15) is 0 Å². The summed E-state index contributed by atoms with van der Waals surface area (Å²) in [5.74, 6) is -0.721. The number of carbonyl (C=O) groups excluding carboxylic acids is 1. The Hall–Kier alpha value is -1.17. The molecule has 0 bridgehead atoms. The van der Waals surface area contributed by atoms with Gasteiger partial charge in [0.15, 0.2) is 5.78 Å². The normalized spacial score (nSPS) is 12.0. The highest BCUT2D eigenvalue weighted by Gasteiger charge is 2.36. The van der Waals surface area contributed by atoms with Crippen molar-refractivity contribution < 1.29 is 26.7 Å². The summed E-state index contributed by atoms with van der Waals surface area (Å²) in [4.78, 5) is 11.0. The van der Waals surface area contributed by atoms with Crippen LogP contribution in [0, 0.1) is 0 Å². The molecule has 0 saturated carbocycles. The van der Waals surface area contributed by atoms with Crippen molar-refractivity contribution in [3.63, 3.8) is 0 Å². The lowest BCUT2D eigenvalue weighted by molar-refractivity contribution is -0.139. The quantitative estimate of drug-likeness (QED) is 0.572. The van der Waals surface area contributed by atoms with E-state index < -0.39 is 40.1 Å². The van der Waals surface area contributed by atoms with Crippen molar-refractivity contribution in [3.8, 4) is 0 Å². The van der Waals surface area contributed by atoms with Crippen molar-refractivity contribution in [1.29, 1.82) is 0 Å². The van der Waals surface area contributed by atoms with Gasteiger partial charge in [-0.05, 0) is 19.1 Å². The fourth-order valence-electron chi connectivity index (χ4n) is 1.28. The highest BCUT2D eigenvalue weighted by Crippen LogP contribution is 2.39. The average Bonchev–Trinajstić information content (AvgIpc) is 2.14. The number of rotatable bonds is 2. The number of hydrogen-bond acceptors (Lipinski definition) is 1. The van der Waals surface area contributed by atoms with E-state index >= 15 is 0 Å². The van der Waals surface area contributed by atoms with E-state index in [9.17, 15) is 26.7 Å². The molecule has 0 aliphatic rings. The zero-order chi connectivity index (χ0) is 13.4. The second kappa shape index (κ2) is 4.60. The summed E-state index contributed by atoms with van der Waals surface area (Å²) < 4.78 is 62.3. The first kappa shape index (κ1) is 13.9. The molecule has 0 spiro atoms. The van der Waals surface area contributed by atoms with Crippen molar-refractivity contribution in [3.05, 3.63) is 33.8 Å². The van der Waals surface area contributed by atoms with Crippen molar-refractivity contribution in [2.24, 2.45) is 0 Å². The molecule has 0 N–H and O–H groups in total. The van der Waals surface area contributed by atoms with Crippen molar-refractivity contribution in [2.75, 3.05) is 0 Å². The first-order valence-electron chi connectivity index (χ1n) is 4.34. The third kappa shape index (κ3) is 2.94. The van der Waals surface area contributed by atoms with E-state index in [2.05, 4.69) is 0 Å². The average molecular weight is 273 g/mol. The minimum atomic E-state index is -4.96. The SMILES string of the molecule is CC(=O)c1cc(C(F)(F)F)c(C(F)F)cc1Cl. The van der Waals surface area contributed by atoms with Crippen LogP contribution in [-0.4, -0.2) is 5.78 Å². The van der Waals surface area contributed by atoms with Crippen molar-refractivity contribution in [2.45, 2.75) is 19.5 Å². The Balaban J connectivity index is 3.54. The molecule has 0 saturated heterocycles. The van der Waals surface area contributed by atoms with Crippen LogP contribution in [0.1, 0.15) is 34.8 Å². The second-order valence-electron chi connectivity index (χ2n) is 3.27. The number of hydrogen-bond donors (Lipinski definition) is 0. The maximum Gasteiger partial charge on any atom is 0.416 e. The van der Waals surface area contributed by atoms with Crippen molar-refractivity contribution in [1.82, 2.24) is 0 Å². The van der Waals surface area contributed by atoms with Gasteiger partial charge in [-0.3, -0.25) is 4.79 Å². The van der Waals surface area contributed by atoms with E-state index in [0.29, 0.717) is 12.1 Å². The Labute approximate surface area is 98.2 Å². The zero-order valence-electron chi connectivity index (χ0n) is 8.41. The van der Waals surface area contributed by atoms with Gasteiger partial charge in [-0.15, -0.1) is 0 Å². The summed E-state index contributed by atoms with van der Waals surface area (Å²) in [7, 11) is 0. The van der Waals surface area contributed by atoms with Crippen LogP contribution >= 0.6 is 11.6 Å². The number of halogens is 6. The molecule has 94 valence electrons. The summed E-state index contributed by atoms with van der Waals surface area (Å²) in [6.45, 7) is 1.00. The lowest BCUT2D eigenvalue weighted by Gasteiger charge is -2.14. The monoisotopic (exact) mass is 272 g/mol. The number of alkyl halides is 5. The predicted molar refractivity (Wildman–Crippen MR) is 51.4 cm³/mol. The molecule has 0 heterocycles. The van der Waals surface area contributed by atoms with Crippen LogP contribution in [0.4, 0.5) is 22.0 Å². The van der Waals surface area contributed by atoms with Gasteiger partial charge in [-0.1, -0.05) is 11.6 Å². The fraction of sp³-hybridized carbons (Fsp3) is 0.300. The Morgan fingerprint density at radius 3 is 2.18 bits per heavy atom. The highest BCUT2D eigenvalue weighted by atomic mass is 35.5. The van der Waals surface area contributed by atoms with Gasteiger partial charge in [-0.25, -0.2) is 8.78 Å². The summed E-state index contributed by atoms with van der Waals surface area (Å²) >= 11 is 5.47. The molecule has 7 heteroatoms. The highest BCUT2D eigenvalue weighted by molar-refractivity contribution is 6.34. The molecule has 1 nitrogen and oxygen atoms in total. The topological polar surface area (TPSA) is 17.1 Å². The smallest absolute Gasteiger partial charge is 0.294 e. The largest absolute Gasteiger partial charge is 0.416 e. The van der Waals surface area contributed by atoms with E-state index in [4.69, 9.17) is 11.6 Å². The first-order valence-corrected chi connectivity index (χ1v) is 4.72. The molecule has 1 aromatic carbocycles. The molecule has 1 rings (SSSR count). The van der Waals surface area contributed by atoms with Gasteiger partial charge in [0.2, 0.25) is 0 Å². The number of Topliss-reactive ketones (excluding diaryl/α,β-unsaturated/α-hetero) is 1. The van der Waals surface area contributed by atoms with Crippen LogP contribution in [0.25, 0.3) is 0 Å². The summed E-state index contributed by atoms with van der Waals surface area (Å²) in [5.41, 5.74) is -3.20. The van der Waals surface area contributed by atoms with Crippen LogP contribution in [0.15, 0.2) is 12.1 Å². The van der Waals surface area contributed by atoms with Crippen LogP contribution in [0.5, 0.6) is 0 Å². The molecule has 0 fully saturated rings. The van der Waals surface area contributed by atoms with E-state index in [-0.39, 0.29) is 0 Å². The van der Waals surface area contributed by atoms with Crippen LogP contribution in [-0.2, 0) is 6.18 Å². The Kier molecular flexibility index (Phi) is 3.76. The number of benzene rings is 1. The molecule has 0 aromatic heterocycles. The van der Waals surface area contributed by atoms with Gasteiger partial charge >= 0.3 is 6.18 Å². The molecule has 0 amide bonds. The van der Waals surface area contributed by atoms with E-state index in [1.54, 1.807) is 0 Å². The molecule has 1 aromatic rings. The van der Waals surface area contributed by atoms with Gasteiger partial charge in [0, 0.05) is 11.1 Å². The van der Waals surface area contributed by atoms with Crippen LogP contribution in [0.3, 0.4) is 0 Å². The molecule has 0 atom stereocenters. The lowest BCUT2D eigenvalue weighted by atomic mass is 10.0. The van der Waals surface area contributed by atoms with Crippen LogP contribution < -0.4 is 0 Å². The molecular formula is C10H6ClF5O.